The van der Waals surface area contributed by atoms with Gasteiger partial charge in [0.25, 0.3) is 0 Å². The maximum absolute atomic E-state index is 11.7. The molecular formula is C11H10BrClO. The molecule has 0 radical (unpaired) electrons. The van der Waals surface area contributed by atoms with Gasteiger partial charge in [-0.05, 0) is 24.5 Å². The van der Waals surface area contributed by atoms with Crippen molar-refractivity contribution in [3.63, 3.8) is 0 Å². The first-order valence-electron chi connectivity index (χ1n) is 4.62. The molecule has 1 unspecified atom stereocenters. The molecule has 0 spiro atoms. The lowest BCUT2D eigenvalue weighted by molar-refractivity contribution is -0.119. The Labute approximate surface area is 96.6 Å². The molecule has 1 saturated carbocycles. The van der Waals surface area contributed by atoms with Crippen LogP contribution in [-0.4, -0.2) is 5.78 Å². The zero-order valence-corrected chi connectivity index (χ0v) is 9.94. The first-order valence-corrected chi connectivity index (χ1v) is 5.79. The minimum Gasteiger partial charge on any atom is -0.298 e. The molecule has 3 heteroatoms. The van der Waals surface area contributed by atoms with Gasteiger partial charge < -0.3 is 0 Å². The van der Waals surface area contributed by atoms with Crippen molar-refractivity contribution >= 4 is 33.3 Å². The first-order chi connectivity index (χ1) is 6.64. The zero-order chi connectivity index (χ0) is 10.2. The van der Waals surface area contributed by atoms with Gasteiger partial charge in [-0.2, -0.15) is 0 Å². The highest BCUT2D eigenvalue weighted by molar-refractivity contribution is 9.10. The van der Waals surface area contributed by atoms with Crippen LogP contribution in [0, 0.1) is 0 Å². The average Bonchev–Trinajstić information content (AvgIpc) is 2.49. The van der Waals surface area contributed by atoms with Gasteiger partial charge in [-0.15, -0.1) is 0 Å². The summed E-state index contributed by atoms with van der Waals surface area (Å²) in [7, 11) is 0. The Morgan fingerprint density at radius 2 is 2.07 bits per heavy atom. The number of alkyl halides is 1. The van der Waals surface area contributed by atoms with Crippen LogP contribution in [0.1, 0.15) is 24.8 Å². The van der Waals surface area contributed by atoms with Crippen LogP contribution < -0.4 is 0 Å². The molecule has 1 fully saturated rings. The fourth-order valence-electron chi connectivity index (χ4n) is 1.90. The van der Waals surface area contributed by atoms with Gasteiger partial charge in [-0.3, -0.25) is 4.79 Å². The fourth-order valence-corrected chi connectivity index (χ4v) is 3.13. The molecule has 0 saturated heterocycles. The summed E-state index contributed by atoms with van der Waals surface area (Å²) in [5.74, 6) is 0.241. The third kappa shape index (κ3) is 1.51. The smallest absolute Gasteiger partial charge is 0.154 e. The number of carbonyl (C=O) groups is 1. The number of Topliss-reactive ketones (excluding diaryl/α,β-unsaturated/α-hetero) is 1. The van der Waals surface area contributed by atoms with Crippen molar-refractivity contribution in [2.45, 2.75) is 23.6 Å². The molecule has 0 heterocycles. The van der Waals surface area contributed by atoms with Gasteiger partial charge >= 0.3 is 0 Å². The minimum atomic E-state index is -0.522. The lowest BCUT2D eigenvalue weighted by Gasteiger charge is -2.21. The zero-order valence-electron chi connectivity index (χ0n) is 7.59. The second kappa shape index (κ2) is 3.67. The molecular weight excluding hydrogens is 263 g/mol. The summed E-state index contributed by atoms with van der Waals surface area (Å²) in [5.41, 5.74) is 0.907. The van der Waals surface area contributed by atoms with E-state index in [0.717, 1.165) is 18.4 Å². The van der Waals surface area contributed by atoms with E-state index >= 15 is 0 Å². The third-order valence-electron chi connectivity index (χ3n) is 2.67. The maximum Gasteiger partial charge on any atom is 0.154 e. The Kier molecular flexibility index (Phi) is 2.67. The van der Waals surface area contributed by atoms with Crippen molar-refractivity contribution in [1.82, 2.24) is 0 Å². The van der Waals surface area contributed by atoms with Crippen molar-refractivity contribution in [3.05, 3.63) is 34.9 Å². The lowest BCUT2D eigenvalue weighted by Crippen LogP contribution is -2.23. The Balaban J connectivity index is 2.48. The van der Waals surface area contributed by atoms with E-state index in [1.807, 2.05) is 24.3 Å². The quantitative estimate of drug-likeness (QED) is 0.713. The highest BCUT2D eigenvalue weighted by Crippen LogP contribution is 2.45. The van der Waals surface area contributed by atoms with Crippen LogP contribution in [0.15, 0.2) is 24.3 Å². The van der Waals surface area contributed by atoms with Gasteiger partial charge in [-0.25, -0.2) is 0 Å². The van der Waals surface area contributed by atoms with Gasteiger partial charge in [-0.1, -0.05) is 45.7 Å². The molecule has 2 rings (SSSR count). The SMILES string of the molecule is O=C1CCCC1(Br)c1ccccc1Cl. The lowest BCUT2D eigenvalue weighted by atomic mass is 9.96. The fraction of sp³-hybridized carbons (Fsp3) is 0.364. The predicted molar refractivity (Wildman–Crippen MR) is 60.9 cm³/mol. The van der Waals surface area contributed by atoms with E-state index in [1.165, 1.54) is 0 Å². The van der Waals surface area contributed by atoms with Crippen LogP contribution in [0.25, 0.3) is 0 Å². The van der Waals surface area contributed by atoms with Crippen molar-refractivity contribution in [3.8, 4) is 0 Å². The summed E-state index contributed by atoms with van der Waals surface area (Å²) >= 11 is 9.61. The van der Waals surface area contributed by atoms with Crippen LogP contribution in [-0.2, 0) is 9.12 Å². The number of rotatable bonds is 1. The summed E-state index contributed by atoms with van der Waals surface area (Å²) in [4.78, 5) is 11.7. The maximum atomic E-state index is 11.7. The number of ketones is 1. The van der Waals surface area contributed by atoms with E-state index in [2.05, 4.69) is 15.9 Å². The minimum absolute atomic E-state index is 0.241. The highest BCUT2D eigenvalue weighted by Gasteiger charge is 2.42. The number of halogens is 2. The molecule has 0 N–H and O–H groups in total. The van der Waals surface area contributed by atoms with Crippen LogP contribution >= 0.6 is 27.5 Å². The summed E-state index contributed by atoms with van der Waals surface area (Å²) in [5, 5.41) is 0.666. The number of carbonyl (C=O) groups excluding carboxylic acids is 1. The van der Waals surface area contributed by atoms with Crippen LogP contribution in [0.3, 0.4) is 0 Å². The molecule has 1 atom stereocenters. The molecule has 1 aliphatic rings. The molecule has 0 aromatic heterocycles. The molecule has 1 aliphatic carbocycles. The van der Waals surface area contributed by atoms with E-state index in [1.54, 1.807) is 0 Å². The summed E-state index contributed by atoms with van der Waals surface area (Å²) in [6, 6.07) is 7.53. The molecule has 14 heavy (non-hydrogen) atoms. The third-order valence-corrected chi connectivity index (χ3v) is 4.26. The molecule has 0 amide bonds. The number of hydrogen-bond acceptors (Lipinski definition) is 1. The van der Waals surface area contributed by atoms with E-state index < -0.39 is 4.32 Å². The number of hydrogen-bond donors (Lipinski definition) is 0. The molecule has 0 aliphatic heterocycles. The second-order valence-electron chi connectivity index (χ2n) is 3.56. The Morgan fingerprint density at radius 1 is 1.36 bits per heavy atom. The largest absolute Gasteiger partial charge is 0.298 e. The topological polar surface area (TPSA) is 17.1 Å². The molecule has 74 valence electrons. The average molecular weight is 274 g/mol. The van der Waals surface area contributed by atoms with Crippen LogP contribution in [0.5, 0.6) is 0 Å². The monoisotopic (exact) mass is 272 g/mol. The number of benzene rings is 1. The summed E-state index contributed by atoms with van der Waals surface area (Å²) < 4.78 is -0.522. The molecule has 1 nitrogen and oxygen atoms in total. The van der Waals surface area contributed by atoms with E-state index in [9.17, 15) is 4.79 Å². The molecule has 1 aromatic carbocycles. The van der Waals surface area contributed by atoms with Gasteiger partial charge in [0.2, 0.25) is 0 Å². The van der Waals surface area contributed by atoms with E-state index in [0.29, 0.717) is 11.4 Å². The van der Waals surface area contributed by atoms with Crippen molar-refractivity contribution < 1.29 is 4.79 Å². The molecule has 0 bridgehead atoms. The van der Waals surface area contributed by atoms with Crippen LogP contribution in [0.2, 0.25) is 5.02 Å². The van der Waals surface area contributed by atoms with Crippen molar-refractivity contribution in [2.75, 3.05) is 0 Å². The van der Waals surface area contributed by atoms with Crippen molar-refractivity contribution in [2.24, 2.45) is 0 Å². The van der Waals surface area contributed by atoms with Crippen molar-refractivity contribution in [1.29, 1.82) is 0 Å². The Hall–Kier alpha value is -0.340. The van der Waals surface area contributed by atoms with Crippen LogP contribution in [0.4, 0.5) is 0 Å². The van der Waals surface area contributed by atoms with E-state index in [4.69, 9.17) is 11.6 Å². The highest BCUT2D eigenvalue weighted by atomic mass is 79.9. The van der Waals surface area contributed by atoms with E-state index in [-0.39, 0.29) is 5.78 Å². The summed E-state index contributed by atoms with van der Waals surface area (Å²) in [6.45, 7) is 0. The summed E-state index contributed by atoms with van der Waals surface area (Å²) in [6.07, 6.45) is 2.43. The van der Waals surface area contributed by atoms with Gasteiger partial charge in [0, 0.05) is 11.4 Å². The normalized spacial score (nSPS) is 26.9. The standard InChI is InChI=1S/C11H10BrClO/c12-11(7-3-6-10(11)14)8-4-1-2-5-9(8)13/h1-2,4-5H,3,6-7H2. The Bertz CT molecular complexity index is 377. The Morgan fingerprint density at radius 3 is 2.64 bits per heavy atom. The second-order valence-corrected chi connectivity index (χ2v) is 5.32. The first kappa shape index (κ1) is 10.2. The van der Waals surface area contributed by atoms with Gasteiger partial charge in [0.1, 0.15) is 4.32 Å². The predicted octanol–water partition coefficient (Wildman–Crippen LogP) is 3.68. The van der Waals surface area contributed by atoms with Gasteiger partial charge in [0.05, 0.1) is 0 Å². The molecule has 1 aromatic rings. The van der Waals surface area contributed by atoms with Gasteiger partial charge in [0.15, 0.2) is 5.78 Å².